The lowest BCUT2D eigenvalue weighted by Crippen LogP contribution is -1.97. The molecule has 0 fully saturated rings. The number of ether oxygens (including phenoxy) is 1. The van der Waals surface area contributed by atoms with Gasteiger partial charge in [0, 0.05) is 5.33 Å². The fourth-order valence-corrected chi connectivity index (χ4v) is 2.49. The van der Waals surface area contributed by atoms with Crippen molar-refractivity contribution >= 4 is 15.9 Å². The van der Waals surface area contributed by atoms with Crippen LogP contribution in [-0.2, 0) is 6.42 Å². The van der Waals surface area contributed by atoms with Gasteiger partial charge in [-0.1, -0.05) is 67.1 Å². The Morgan fingerprint density at radius 1 is 0.842 bits per heavy atom. The van der Waals surface area contributed by atoms with Crippen molar-refractivity contribution < 1.29 is 4.74 Å². The summed E-state index contributed by atoms with van der Waals surface area (Å²) in [5.74, 6) is 1.01. The minimum Gasteiger partial charge on any atom is -0.494 e. The molecule has 2 heteroatoms. The molecule has 0 atom stereocenters. The minimum absolute atomic E-state index is 0.854. The second kappa shape index (κ2) is 11.3. The number of rotatable bonds is 11. The molecule has 0 saturated carbocycles. The van der Waals surface area contributed by atoms with Crippen molar-refractivity contribution in [3.8, 4) is 5.75 Å². The Labute approximate surface area is 126 Å². The smallest absolute Gasteiger partial charge is 0.119 e. The van der Waals surface area contributed by atoms with Crippen molar-refractivity contribution in [1.82, 2.24) is 0 Å². The Balaban J connectivity index is 1.95. The molecular formula is C17H27BrO. The van der Waals surface area contributed by atoms with Gasteiger partial charge in [-0.05, 0) is 37.0 Å². The number of alkyl halides is 1. The zero-order valence-corrected chi connectivity index (χ0v) is 13.8. The van der Waals surface area contributed by atoms with Crippen molar-refractivity contribution in [2.75, 3.05) is 11.9 Å². The first-order valence-electron chi connectivity index (χ1n) is 7.64. The van der Waals surface area contributed by atoms with E-state index in [1.54, 1.807) is 0 Å². The summed E-state index contributed by atoms with van der Waals surface area (Å²) in [5.41, 5.74) is 1.37. The van der Waals surface area contributed by atoms with Gasteiger partial charge >= 0.3 is 0 Å². The van der Waals surface area contributed by atoms with Gasteiger partial charge in [-0.2, -0.15) is 0 Å². The lowest BCUT2D eigenvalue weighted by atomic mass is 10.1. The molecule has 0 amide bonds. The topological polar surface area (TPSA) is 9.23 Å². The predicted octanol–water partition coefficient (Wildman–Crippen LogP) is 5.75. The van der Waals surface area contributed by atoms with Gasteiger partial charge in [0.2, 0.25) is 0 Å². The van der Waals surface area contributed by atoms with Crippen LogP contribution in [0, 0.1) is 0 Å². The molecule has 0 unspecified atom stereocenters. The first-order chi connectivity index (χ1) is 9.36. The summed E-state index contributed by atoms with van der Waals surface area (Å²) >= 11 is 3.47. The molecule has 1 nitrogen and oxygen atoms in total. The highest BCUT2D eigenvalue weighted by Crippen LogP contribution is 2.13. The summed E-state index contributed by atoms with van der Waals surface area (Å²) in [6.45, 7) is 3.03. The van der Waals surface area contributed by atoms with Crippen molar-refractivity contribution in [3.63, 3.8) is 0 Å². The Morgan fingerprint density at radius 3 is 2.00 bits per heavy atom. The van der Waals surface area contributed by atoms with E-state index in [1.807, 2.05) is 0 Å². The Kier molecular flexibility index (Phi) is 9.88. The van der Waals surface area contributed by atoms with Gasteiger partial charge in [0.05, 0.1) is 6.61 Å². The highest BCUT2D eigenvalue weighted by molar-refractivity contribution is 9.09. The number of halogens is 1. The van der Waals surface area contributed by atoms with Crippen LogP contribution in [0.25, 0.3) is 0 Å². The normalized spacial score (nSPS) is 10.6. The van der Waals surface area contributed by atoms with Gasteiger partial charge < -0.3 is 4.74 Å². The minimum atomic E-state index is 0.854. The molecule has 0 spiro atoms. The summed E-state index contributed by atoms with van der Waals surface area (Å²) in [4.78, 5) is 0. The first kappa shape index (κ1) is 16.6. The van der Waals surface area contributed by atoms with E-state index in [1.165, 1.54) is 50.5 Å². The quantitative estimate of drug-likeness (QED) is 0.371. The van der Waals surface area contributed by atoms with Crippen LogP contribution < -0.4 is 4.74 Å². The molecule has 0 N–H and O–H groups in total. The zero-order chi connectivity index (χ0) is 13.8. The summed E-state index contributed by atoms with van der Waals surface area (Å²) in [6, 6.07) is 8.47. The fourth-order valence-electron chi connectivity index (χ4n) is 2.09. The van der Waals surface area contributed by atoms with E-state index in [0.717, 1.165) is 24.1 Å². The molecule has 0 bridgehead atoms. The fraction of sp³-hybridized carbons (Fsp3) is 0.647. The molecule has 0 saturated heterocycles. The first-order valence-corrected chi connectivity index (χ1v) is 8.76. The van der Waals surface area contributed by atoms with Crippen molar-refractivity contribution in [2.45, 2.75) is 58.3 Å². The van der Waals surface area contributed by atoms with Crippen LogP contribution in [-0.4, -0.2) is 11.9 Å². The molecule has 19 heavy (non-hydrogen) atoms. The van der Waals surface area contributed by atoms with Gasteiger partial charge in [0.25, 0.3) is 0 Å². The highest BCUT2D eigenvalue weighted by atomic mass is 79.9. The molecule has 0 aliphatic heterocycles. The molecule has 1 aromatic carbocycles. The van der Waals surface area contributed by atoms with Crippen LogP contribution in [0.2, 0.25) is 0 Å². The van der Waals surface area contributed by atoms with Gasteiger partial charge in [-0.25, -0.2) is 0 Å². The average molecular weight is 327 g/mol. The number of unbranched alkanes of at least 4 members (excludes halogenated alkanes) is 6. The molecular weight excluding hydrogens is 300 g/mol. The van der Waals surface area contributed by atoms with Crippen molar-refractivity contribution in [3.05, 3.63) is 29.8 Å². The third-order valence-electron chi connectivity index (χ3n) is 3.38. The number of hydrogen-bond acceptors (Lipinski definition) is 1. The summed E-state index contributed by atoms with van der Waals surface area (Å²) in [7, 11) is 0. The Bertz CT molecular complexity index is 308. The maximum atomic E-state index is 5.74. The second-order valence-electron chi connectivity index (χ2n) is 5.01. The standard InChI is InChI=1S/C17H27BrO/c1-2-16-10-12-17(13-11-16)19-15-9-7-5-3-4-6-8-14-18/h10-13H,2-9,14-15H2,1H3. The van der Waals surface area contributed by atoms with E-state index in [2.05, 4.69) is 47.1 Å². The SMILES string of the molecule is CCc1ccc(OCCCCCCCCCBr)cc1. The lowest BCUT2D eigenvalue weighted by molar-refractivity contribution is 0.304. The van der Waals surface area contributed by atoms with E-state index in [0.29, 0.717) is 0 Å². The lowest BCUT2D eigenvalue weighted by Gasteiger charge is -2.06. The largest absolute Gasteiger partial charge is 0.494 e. The third kappa shape index (κ3) is 8.30. The van der Waals surface area contributed by atoms with Gasteiger partial charge in [-0.3, -0.25) is 0 Å². The van der Waals surface area contributed by atoms with Gasteiger partial charge in [-0.15, -0.1) is 0 Å². The maximum absolute atomic E-state index is 5.74. The van der Waals surface area contributed by atoms with E-state index < -0.39 is 0 Å². The number of hydrogen-bond donors (Lipinski definition) is 0. The van der Waals surface area contributed by atoms with Gasteiger partial charge in [0.1, 0.15) is 5.75 Å². The zero-order valence-electron chi connectivity index (χ0n) is 12.2. The number of benzene rings is 1. The summed E-state index contributed by atoms with van der Waals surface area (Å²) in [6.07, 6.45) is 10.3. The van der Waals surface area contributed by atoms with Crippen LogP contribution in [0.4, 0.5) is 0 Å². The molecule has 0 heterocycles. The average Bonchev–Trinajstić information content (AvgIpc) is 2.46. The van der Waals surface area contributed by atoms with Gasteiger partial charge in [0.15, 0.2) is 0 Å². The predicted molar refractivity (Wildman–Crippen MR) is 87.4 cm³/mol. The monoisotopic (exact) mass is 326 g/mol. The molecule has 0 aromatic heterocycles. The molecule has 108 valence electrons. The van der Waals surface area contributed by atoms with Crippen LogP contribution in [0.5, 0.6) is 5.75 Å². The van der Waals surface area contributed by atoms with E-state index in [-0.39, 0.29) is 0 Å². The van der Waals surface area contributed by atoms with Crippen LogP contribution in [0.3, 0.4) is 0 Å². The highest BCUT2D eigenvalue weighted by Gasteiger charge is 1.95. The maximum Gasteiger partial charge on any atom is 0.119 e. The van der Waals surface area contributed by atoms with E-state index >= 15 is 0 Å². The molecule has 0 radical (unpaired) electrons. The third-order valence-corrected chi connectivity index (χ3v) is 3.94. The summed E-state index contributed by atoms with van der Waals surface area (Å²) in [5, 5.41) is 1.15. The van der Waals surface area contributed by atoms with Crippen molar-refractivity contribution in [1.29, 1.82) is 0 Å². The van der Waals surface area contributed by atoms with Crippen LogP contribution in [0.15, 0.2) is 24.3 Å². The molecule has 1 aromatic rings. The Hall–Kier alpha value is -0.500. The molecule has 0 aliphatic carbocycles. The molecule has 1 rings (SSSR count). The number of aryl methyl sites for hydroxylation is 1. The Morgan fingerprint density at radius 2 is 1.42 bits per heavy atom. The molecule has 0 aliphatic rings. The van der Waals surface area contributed by atoms with E-state index in [4.69, 9.17) is 4.74 Å². The second-order valence-corrected chi connectivity index (χ2v) is 5.80. The van der Waals surface area contributed by atoms with E-state index in [9.17, 15) is 0 Å². The van der Waals surface area contributed by atoms with Crippen LogP contribution >= 0.6 is 15.9 Å². The van der Waals surface area contributed by atoms with Crippen molar-refractivity contribution in [2.24, 2.45) is 0 Å². The summed E-state index contributed by atoms with van der Waals surface area (Å²) < 4.78 is 5.74. The van der Waals surface area contributed by atoms with Crippen LogP contribution in [0.1, 0.15) is 57.4 Å².